The zero-order valence-electron chi connectivity index (χ0n) is 15.3. The van der Waals surface area contributed by atoms with Gasteiger partial charge >= 0.3 is 0 Å². The van der Waals surface area contributed by atoms with E-state index in [1.807, 2.05) is 30.3 Å². The predicted octanol–water partition coefficient (Wildman–Crippen LogP) is 3.73. The van der Waals surface area contributed by atoms with E-state index < -0.39 is 0 Å². The molecule has 1 fully saturated rings. The van der Waals surface area contributed by atoms with Crippen LogP contribution in [0.25, 0.3) is 11.3 Å². The van der Waals surface area contributed by atoms with Gasteiger partial charge in [-0.05, 0) is 36.4 Å². The van der Waals surface area contributed by atoms with Gasteiger partial charge in [0.25, 0.3) is 0 Å². The average molecular weight is 362 g/mol. The smallest absolute Gasteiger partial charge is 0.134 e. The molecule has 0 spiro atoms. The maximum absolute atomic E-state index is 5.43. The molecule has 0 atom stereocenters. The Morgan fingerprint density at radius 3 is 2.56 bits per heavy atom. The first kappa shape index (κ1) is 17.3. The molecule has 1 aromatic heterocycles. The van der Waals surface area contributed by atoms with Crippen molar-refractivity contribution in [3.05, 3.63) is 60.9 Å². The number of hydrogen-bond donors (Lipinski definition) is 1. The zero-order valence-corrected chi connectivity index (χ0v) is 15.3. The number of methoxy groups -OCH3 is 1. The predicted molar refractivity (Wildman–Crippen MR) is 107 cm³/mol. The molecule has 3 aromatic rings. The Morgan fingerprint density at radius 1 is 1.00 bits per heavy atom. The highest BCUT2D eigenvalue weighted by Gasteiger charge is 2.11. The number of nitrogens with zero attached hydrogens (tertiary/aromatic N) is 3. The highest BCUT2D eigenvalue weighted by molar-refractivity contribution is 5.70. The summed E-state index contributed by atoms with van der Waals surface area (Å²) in [5, 5.41) is 3.35. The topological polar surface area (TPSA) is 59.5 Å². The van der Waals surface area contributed by atoms with E-state index in [1.54, 1.807) is 13.4 Å². The van der Waals surface area contributed by atoms with E-state index in [1.165, 1.54) is 5.69 Å². The first-order valence-electron chi connectivity index (χ1n) is 8.99. The van der Waals surface area contributed by atoms with Gasteiger partial charge in [-0.3, -0.25) is 0 Å². The van der Waals surface area contributed by atoms with Gasteiger partial charge < -0.3 is 19.7 Å². The van der Waals surface area contributed by atoms with Gasteiger partial charge in [0.05, 0.1) is 26.0 Å². The highest BCUT2D eigenvalue weighted by Crippen LogP contribution is 2.29. The number of rotatable bonds is 5. The lowest BCUT2D eigenvalue weighted by atomic mass is 10.1. The molecule has 1 N–H and O–H groups in total. The minimum Gasteiger partial charge on any atom is -0.496 e. The lowest BCUT2D eigenvalue weighted by Gasteiger charge is -2.28. The van der Waals surface area contributed by atoms with Gasteiger partial charge in [0.2, 0.25) is 0 Å². The molecule has 0 saturated carbocycles. The van der Waals surface area contributed by atoms with Gasteiger partial charge in [0.1, 0.15) is 17.9 Å². The summed E-state index contributed by atoms with van der Waals surface area (Å²) in [5.74, 6) is 1.53. The van der Waals surface area contributed by atoms with E-state index in [0.29, 0.717) is 0 Å². The maximum Gasteiger partial charge on any atom is 0.134 e. The van der Waals surface area contributed by atoms with E-state index in [2.05, 4.69) is 44.5 Å². The van der Waals surface area contributed by atoms with Gasteiger partial charge in [-0.1, -0.05) is 12.1 Å². The molecule has 0 aliphatic carbocycles. The Labute approximate surface area is 158 Å². The Kier molecular flexibility index (Phi) is 5.16. The van der Waals surface area contributed by atoms with Crippen molar-refractivity contribution in [2.24, 2.45) is 0 Å². The van der Waals surface area contributed by atoms with Crippen molar-refractivity contribution in [3.8, 4) is 17.0 Å². The molecule has 0 amide bonds. The van der Waals surface area contributed by atoms with E-state index in [9.17, 15) is 0 Å². The Bertz CT molecular complexity index is 893. The van der Waals surface area contributed by atoms with Gasteiger partial charge in [-0.15, -0.1) is 0 Å². The van der Waals surface area contributed by atoms with Crippen LogP contribution in [0.15, 0.2) is 60.9 Å². The lowest BCUT2D eigenvalue weighted by Crippen LogP contribution is -2.36. The third kappa shape index (κ3) is 4.01. The van der Waals surface area contributed by atoms with Crippen LogP contribution in [0.2, 0.25) is 0 Å². The second kappa shape index (κ2) is 8.05. The standard InChI is InChI=1S/C21H22N4O2/c1-26-20-5-3-2-4-18(20)19-14-21(23-15-22-19)24-16-6-8-17(9-7-16)25-10-12-27-13-11-25/h2-9,14-15H,10-13H2,1H3,(H,22,23,24). The van der Waals surface area contributed by atoms with Crippen molar-refractivity contribution in [2.45, 2.75) is 0 Å². The second-order valence-electron chi connectivity index (χ2n) is 6.26. The monoisotopic (exact) mass is 362 g/mol. The number of morpholine rings is 1. The largest absolute Gasteiger partial charge is 0.496 e. The second-order valence-corrected chi connectivity index (χ2v) is 6.26. The lowest BCUT2D eigenvalue weighted by molar-refractivity contribution is 0.122. The molecule has 0 unspecified atom stereocenters. The fourth-order valence-electron chi connectivity index (χ4n) is 3.15. The molecule has 6 heteroatoms. The van der Waals surface area contributed by atoms with Gasteiger partial charge in [0.15, 0.2) is 0 Å². The first-order valence-corrected chi connectivity index (χ1v) is 8.99. The minimum absolute atomic E-state index is 0.741. The number of hydrogen-bond acceptors (Lipinski definition) is 6. The summed E-state index contributed by atoms with van der Waals surface area (Å²) in [4.78, 5) is 11.1. The van der Waals surface area contributed by atoms with Crippen LogP contribution < -0.4 is 15.0 Å². The average Bonchev–Trinajstić information content (AvgIpc) is 2.75. The molecule has 2 heterocycles. The molecular weight excluding hydrogens is 340 g/mol. The Balaban J connectivity index is 1.51. The SMILES string of the molecule is COc1ccccc1-c1cc(Nc2ccc(N3CCOCC3)cc2)ncn1. The first-order chi connectivity index (χ1) is 13.3. The van der Waals surface area contributed by atoms with Crippen LogP contribution in [-0.2, 0) is 4.74 Å². The molecular formula is C21H22N4O2. The van der Waals surface area contributed by atoms with Gasteiger partial charge in [-0.25, -0.2) is 9.97 Å². The van der Waals surface area contributed by atoms with Crippen LogP contribution in [0.5, 0.6) is 5.75 Å². The summed E-state index contributed by atoms with van der Waals surface area (Å²) in [6.45, 7) is 3.43. The van der Waals surface area contributed by atoms with E-state index in [-0.39, 0.29) is 0 Å². The van der Waals surface area contributed by atoms with E-state index in [4.69, 9.17) is 9.47 Å². The quantitative estimate of drug-likeness (QED) is 0.746. The molecule has 1 aliphatic rings. The van der Waals surface area contributed by atoms with Crippen LogP contribution in [0.3, 0.4) is 0 Å². The minimum atomic E-state index is 0.741. The van der Waals surface area contributed by atoms with E-state index >= 15 is 0 Å². The fraction of sp³-hybridized carbons (Fsp3) is 0.238. The number of aromatic nitrogens is 2. The van der Waals surface area contributed by atoms with Crippen LogP contribution >= 0.6 is 0 Å². The van der Waals surface area contributed by atoms with Crippen LogP contribution in [0, 0.1) is 0 Å². The summed E-state index contributed by atoms with van der Waals surface area (Å²) >= 11 is 0. The van der Waals surface area contributed by atoms with Crippen molar-refractivity contribution < 1.29 is 9.47 Å². The van der Waals surface area contributed by atoms with Crippen LogP contribution in [-0.4, -0.2) is 43.4 Å². The summed E-state index contributed by atoms with van der Waals surface area (Å²) < 4.78 is 10.8. The maximum atomic E-state index is 5.43. The third-order valence-electron chi connectivity index (χ3n) is 4.57. The molecule has 4 rings (SSSR count). The Hall–Kier alpha value is -3.12. The van der Waals surface area contributed by atoms with Gasteiger partial charge in [-0.2, -0.15) is 0 Å². The van der Waals surface area contributed by atoms with Crippen molar-refractivity contribution >= 4 is 17.2 Å². The normalized spacial score (nSPS) is 14.0. The summed E-state index contributed by atoms with van der Waals surface area (Å²) in [5.41, 5.74) is 3.95. The van der Waals surface area contributed by atoms with Crippen LogP contribution in [0.4, 0.5) is 17.2 Å². The summed E-state index contributed by atoms with van der Waals surface area (Å²) in [6.07, 6.45) is 1.56. The molecule has 27 heavy (non-hydrogen) atoms. The zero-order chi connectivity index (χ0) is 18.5. The number of ether oxygens (including phenoxy) is 2. The number of anilines is 3. The van der Waals surface area contributed by atoms with Crippen LogP contribution in [0.1, 0.15) is 0 Å². The summed E-state index contributed by atoms with van der Waals surface area (Å²) in [6, 6.07) is 18.1. The third-order valence-corrected chi connectivity index (χ3v) is 4.57. The molecule has 0 bridgehead atoms. The van der Waals surface area contributed by atoms with Crippen molar-refractivity contribution in [1.29, 1.82) is 0 Å². The number of benzene rings is 2. The molecule has 6 nitrogen and oxygen atoms in total. The Morgan fingerprint density at radius 2 is 1.78 bits per heavy atom. The van der Waals surface area contributed by atoms with Crippen molar-refractivity contribution in [1.82, 2.24) is 9.97 Å². The molecule has 2 aromatic carbocycles. The van der Waals surface area contributed by atoms with Gasteiger partial charge in [0, 0.05) is 36.1 Å². The van der Waals surface area contributed by atoms with Crippen molar-refractivity contribution in [2.75, 3.05) is 43.6 Å². The molecule has 1 saturated heterocycles. The van der Waals surface area contributed by atoms with Crippen molar-refractivity contribution in [3.63, 3.8) is 0 Å². The van der Waals surface area contributed by atoms with E-state index in [0.717, 1.165) is 54.8 Å². The fourth-order valence-corrected chi connectivity index (χ4v) is 3.15. The molecule has 0 radical (unpaired) electrons. The number of nitrogens with one attached hydrogen (secondary N) is 1. The summed E-state index contributed by atoms with van der Waals surface area (Å²) in [7, 11) is 1.66. The molecule has 138 valence electrons. The number of para-hydroxylation sites is 1. The molecule has 1 aliphatic heterocycles. The highest BCUT2D eigenvalue weighted by atomic mass is 16.5.